The number of hydrogen-bond donors (Lipinski definition) is 0. The lowest BCUT2D eigenvalue weighted by Crippen LogP contribution is -2.46. The summed E-state index contributed by atoms with van der Waals surface area (Å²) in [5.41, 5.74) is 0. The second-order valence-electron chi connectivity index (χ2n) is 8.28. The normalized spacial score (nSPS) is 33.8. The van der Waals surface area contributed by atoms with Gasteiger partial charge in [-0.3, -0.25) is 9.59 Å². The lowest BCUT2D eigenvalue weighted by molar-refractivity contribution is -0.138. The number of likely N-dealkylation sites (tertiary alicyclic amines) is 2. The van der Waals surface area contributed by atoms with Crippen LogP contribution >= 0.6 is 0 Å². The van der Waals surface area contributed by atoms with Crippen molar-refractivity contribution in [3.05, 3.63) is 0 Å². The van der Waals surface area contributed by atoms with Gasteiger partial charge in [0.25, 0.3) is 0 Å². The highest BCUT2D eigenvalue weighted by molar-refractivity contribution is 5.89. The molecule has 23 heavy (non-hydrogen) atoms. The Morgan fingerprint density at radius 1 is 0.957 bits per heavy atom. The van der Waals surface area contributed by atoms with E-state index in [1.54, 1.807) is 0 Å². The zero-order chi connectivity index (χ0) is 16.4. The van der Waals surface area contributed by atoms with Gasteiger partial charge in [0.1, 0.15) is 0 Å². The second kappa shape index (κ2) is 7.23. The monoisotopic (exact) mass is 320 g/mol. The van der Waals surface area contributed by atoms with Crippen LogP contribution in [0.5, 0.6) is 0 Å². The molecule has 0 spiro atoms. The van der Waals surface area contributed by atoms with Gasteiger partial charge in [-0.05, 0) is 31.1 Å². The molecule has 0 aromatic carbocycles. The maximum Gasteiger partial charge on any atom is 0.228 e. The van der Waals surface area contributed by atoms with Gasteiger partial charge in [-0.2, -0.15) is 0 Å². The molecule has 0 aromatic rings. The van der Waals surface area contributed by atoms with Gasteiger partial charge in [0.2, 0.25) is 11.8 Å². The van der Waals surface area contributed by atoms with E-state index < -0.39 is 0 Å². The number of amides is 2. The van der Waals surface area contributed by atoms with E-state index in [4.69, 9.17) is 0 Å². The minimum atomic E-state index is -0.0942. The molecule has 0 aromatic heterocycles. The maximum absolute atomic E-state index is 12.9. The van der Waals surface area contributed by atoms with E-state index >= 15 is 0 Å². The molecule has 2 amide bonds. The van der Waals surface area contributed by atoms with Crippen LogP contribution in [0, 0.1) is 17.8 Å². The van der Waals surface area contributed by atoms with E-state index in [-0.39, 0.29) is 17.7 Å². The number of piperidine rings is 1. The fourth-order valence-corrected chi connectivity index (χ4v) is 4.92. The first-order valence-electron chi connectivity index (χ1n) is 9.63. The molecule has 3 aliphatic rings. The van der Waals surface area contributed by atoms with E-state index in [2.05, 4.69) is 13.8 Å². The lowest BCUT2D eigenvalue weighted by Gasteiger charge is -2.36. The average Bonchev–Trinajstić information content (AvgIpc) is 2.72. The van der Waals surface area contributed by atoms with Crippen molar-refractivity contribution in [3.63, 3.8) is 0 Å². The van der Waals surface area contributed by atoms with Gasteiger partial charge in [-0.15, -0.1) is 0 Å². The molecule has 0 radical (unpaired) electrons. The van der Waals surface area contributed by atoms with Crippen molar-refractivity contribution in [2.75, 3.05) is 19.6 Å². The van der Waals surface area contributed by atoms with Crippen molar-refractivity contribution in [3.8, 4) is 0 Å². The third-order valence-electron chi connectivity index (χ3n) is 5.95. The first-order chi connectivity index (χ1) is 11.0. The van der Waals surface area contributed by atoms with Gasteiger partial charge in [-0.1, -0.05) is 39.5 Å². The molecule has 2 heterocycles. The van der Waals surface area contributed by atoms with Gasteiger partial charge in [-0.25, -0.2) is 0 Å². The molecule has 0 unspecified atom stereocenters. The van der Waals surface area contributed by atoms with E-state index in [1.807, 2.05) is 9.80 Å². The van der Waals surface area contributed by atoms with Crippen LogP contribution < -0.4 is 0 Å². The molecule has 2 aliphatic heterocycles. The van der Waals surface area contributed by atoms with E-state index in [0.29, 0.717) is 30.8 Å². The van der Waals surface area contributed by atoms with Crippen molar-refractivity contribution >= 4 is 11.8 Å². The van der Waals surface area contributed by atoms with Gasteiger partial charge < -0.3 is 9.80 Å². The molecule has 2 saturated heterocycles. The summed E-state index contributed by atoms with van der Waals surface area (Å²) in [5.74, 6) is 1.51. The molecule has 4 heteroatoms. The minimum Gasteiger partial charge on any atom is -0.342 e. The number of hydrogen-bond acceptors (Lipinski definition) is 2. The number of nitrogens with zero attached hydrogens (tertiary/aromatic N) is 2. The van der Waals surface area contributed by atoms with Crippen molar-refractivity contribution < 1.29 is 9.59 Å². The Labute approximate surface area is 140 Å². The summed E-state index contributed by atoms with van der Waals surface area (Å²) >= 11 is 0. The van der Waals surface area contributed by atoms with Crippen LogP contribution in [0.4, 0.5) is 0 Å². The van der Waals surface area contributed by atoms with E-state index in [1.165, 1.54) is 32.1 Å². The van der Waals surface area contributed by atoms with Crippen LogP contribution in [0.2, 0.25) is 0 Å². The highest BCUT2D eigenvalue weighted by atomic mass is 16.2. The van der Waals surface area contributed by atoms with Crippen LogP contribution in [-0.4, -0.2) is 47.3 Å². The quantitative estimate of drug-likeness (QED) is 0.734. The van der Waals surface area contributed by atoms with Crippen molar-refractivity contribution in [2.24, 2.45) is 17.8 Å². The highest BCUT2D eigenvalue weighted by Crippen LogP contribution is 2.30. The maximum atomic E-state index is 12.9. The standard InChI is InChI=1S/C19H32N2O2/c1-14-9-15(2)12-20(11-14)19(23)16-10-18(22)21(13-16)17-7-5-3-4-6-8-17/h14-17H,3-13H2,1-2H3/t14-,15+,16-/m0/s1. The largest absolute Gasteiger partial charge is 0.342 e. The fourth-order valence-electron chi connectivity index (χ4n) is 4.92. The molecule has 130 valence electrons. The van der Waals surface area contributed by atoms with Gasteiger partial charge in [0, 0.05) is 32.1 Å². The fraction of sp³-hybridized carbons (Fsp3) is 0.895. The predicted octanol–water partition coefficient (Wildman–Crippen LogP) is 3.06. The minimum absolute atomic E-state index is 0.0942. The summed E-state index contributed by atoms with van der Waals surface area (Å²) in [4.78, 5) is 29.4. The second-order valence-corrected chi connectivity index (χ2v) is 8.28. The van der Waals surface area contributed by atoms with Gasteiger partial charge in [0.15, 0.2) is 0 Å². The molecule has 4 nitrogen and oxygen atoms in total. The summed E-state index contributed by atoms with van der Waals surface area (Å²) in [5, 5.41) is 0. The summed E-state index contributed by atoms with van der Waals surface area (Å²) < 4.78 is 0. The molecule has 3 fully saturated rings. The summed E-state index contributed by atoms with van der Waals surface area (Å²) in [6.45, 7) is 6.87. The average molecular weight is 320 g/mol. The van der Waals surface area contributed by atoms with Crippen molar-refractivity contribution in [1.82, 2.24) is 9.80 Å². The first kappa shape index (κ1) is 16.8. The van der Waals surface area contributed by atoms with Gasteiger partial charge in [0.05, 0.1) is 5.92 Å². The summed E-state index contributed by atoms with van der Waals surface area (Å²) in [6.07, 6.45) is 8.96. The zero-order valence-corrected chi connectivity index (χ0v) is 14.8. The molecule has 1 aliphatic carbocycles. The topological polar surface area (TPSA) is 40.6 Å². The molecule has 3 atom stereocenters. The van der Waals surface area contributed by atoms with Crippen LogP contribution in [0.15, 0.2) is 0 Å². The SMILES string of the molecule is C[C@@H]1C[C@H](C)CN(C(=O)[C@H]2CC(=O)N(C3CCCCCC3)C2)C1. The predicted molar refractivity (Wildman–Crippen MR) is 90.8 cm³/mol. The third kappa shape index (κ3) is 3.89. The summed E-state index contributed by atoms with van der Waals surface area (Å²) in [7, 11) is 0. The van der Waals surface area contributed by atoms with Crippen LogP contribution in [0.3, 0.4) is 0 Å². The smallest absolute Gasteiger partial charge is 0.228 e. The molecule has 1 saturated carbocycles. The van der Waals surface area contributed by atoms with Crippen LogP contribution in [0.1, 0.15) is 65.2 Å². The molecular formula is C19H32N2O2. The lowest BCUT2D eigenvalue weighted by atomic mass is 9.91. The molecular weight excluding hydrogens is 288 g/mol. The van der Waals surface area contributed by atoms with Crippen molar-refractivity contribution in [2.45, 2.75) is 71.3 Å². The first-order valence-corrected chi connectivity index (χ1v) is 9.63. The highest BCUT2D eigenvalue weighted by Gasteiger charge is 2.40. The Morgan fingerprint density at radius 3 is 2.17 bits per heavy atom. The number of carbonyl (C=O) groups excluding carboxylic acids is 2. The molecule has 0 bridgehead atoms. The zero-order valence-electron chi connectivity index (χ0n) is 14.8. The Balaban J connectivity index is 1.61. The van der Waals surface area contributed by atoms with Crippen LogP contribution in [-0.2, 0) is 9.59 Å². The van der Waals surface area contributed by atoms with Crippen LogP contribution in [0.25, 0.3) is 0 Å². The molecule has 3 rings (SSSR count). The van der Waals surface area contributed by atoms with Gasteiger partial charge >= 0.3 is 0 Å². The van der Waals surface area contributed by atoms with E-state index in [9.17, 15) is 9.59 Å². The number of carbonyl (C=O) groups is 2. The summed E-state index contributed by atoms with van der Waals surface area (Å²) in [6, 6.07) is 0.391. The Kier molecular flexibility index (Phi) is 5.27. The van der Waals surface area contributed by atoms with E-state index in [0.717, 1.165) is 25.9 Å². The van der Waals surface area contributed by atoms with Crippen molar-refractivity contribution in [1.29, 1.82) is 0 Å². The Hall–Kier alpha value is -1.06. The Bertz CT molecular complexity index is 433. The Morgan fingerprint density at radius 2 is 1.57 bits per heavy atom. The number of rotatable bonds is 2. The molecule has 0 N–H and O–H groups in total. The third-order valence-corrected chi connectivity index (χ3v) is 5.95.